The Labute approximate surface area is 195 Å². The molecule has 4 N–H and O–H groups in total. The normalized spacial score (nSPS) is 16.0. The maximum atomic E-state index is 10.3. The van der Waals surface area contributed by atoms with E-state index in [4.69, 9.17) is 9.84 Å². The Hall–Kier alpha value is -2.72. The lowest BCUT2D eigenvalue weighted by molar-refractivity contribution is 0.0171. The van der Waals surface area contributed by atoms with E-state index in [2.05, 4.69) is 38.3 Å². The lowest BCUT2D eigenvalue weighted by Crippen LogP contribution is -2.42. The summed E-state index contributed by atoms with van der Waals surface area (Å²) in [6.07, 6.45) is 2.70. The summed E-state index contributed by atoms with van der Waals surface area (Å²) in [5, 5.41) is 31.4. The first-order valence-electron chi connectivity index (χ1n) is 11.2. The molecule has 1 aliphatic rings. The fourth-order valence-corrected chi connectivity index (χ4v) is 3.33. The van der Waals surface area contributed by atoms with Gasteiger partial charge in [-0.15, -0.1) is 0 Å². The summed E-state index contributed by atoms with van der Waals surface area (Å²) < 4.78 is 7.39. The van der Waals surface area contributed by atoms with Gasteiger partial charge in [-0.2, -0.15) is 0 Å². The number of nitrogens with zero attached hydrogens (tertiary/aromatic N) is 4. The van der Waals surface area contributed by atoms with Crippen molar-refractivity contribution in [2.24, 2.45) is 4.99 Å². The van der Waals surface area contributed by atoms with E-state index in [-0.39, 0.29) is 12.4 Å². The number of aliphatic hydroxyl groups is 3. The Morgan fingerprint density at radius 2 is 2.09 bits per heavy atom. The Balaban J connectivity index is 0.000000365. The van der Waals surface area contributed by atoms with Gasteiger partial charge in [0.1, 0.15) is 5.76 Å². The van der Waals surface area contributed by atoms with Gasteiger partial charge in [0.15, 0.2) is 0 Å². The highest BCUT2D eigenvalue weighted by molar-refractivity contribution is 5.79. The number of fused-ring (bicyclic) bond motifs is 1. The standard InChI is InChI=1S/C17H26N4O3.C7H11NO/c1-2-21-16-9-13(12-22)3-4-15(16)19-17(21)18-10-14(23)11-20-5-7-24-8-6-20;1-4-6(2)8-5-7(3)9/h3-4,9,14,22-23H,2,5-8,10-12H2,1H3,(H,18,19);4-5,9H,3H2,1-2H3/b;6-4-,8-5?. The zero-order valence-electron chi connectivity index (χ0n) is 19.9. The molecule has 0 radical (unpaired) electrons. The molecule has 182 valence electrons. The molecule has 0 aliphatic carbocycles. The number of benzene rings is 1. The summed E-state index contributed by atoms with van der Waals surface area (Å²) in [7, 11) is 0. The fraction of sp³-hybridized carbons (Fsp3) is 0.500. The molecule has 1 aliphatic heterocycles. The summed E-state index contributed by atoms with van der Waals surface area (Å²) in [5.41, 5.74) is 3.62. The van der Waals surface area contributed by atoms with E-state index in [1.807, 2.05) is 38.1 Å². The van der Waals surface area contributed by atoms with E-state index < -0.39 is 6.10 Å². The molecule has 2 aromatic rings. The summed E-state index contributed by atoms with van der Waals surface area (Å²) in [6.45, 7) is 14.1. The number of imidazole rings is 1. The third kappa shape index (κ3) is 8.62. The van der Waals surface area contributed by atoms with Crippen molar-refractivity contribution in [2.75, 3.05) is 44.7 Å². The molecule has 9 nitrogen and oxygen atoms in total. The van der Waals surface area contributed by atoms with Gasteiger partial charge in [0.05, 0.1) is 43.2 Å². The Kier molecular flexibility index (Phi) is 11.0. The summed E-state index contributed by atoms with van der Waals surface area (Å²) >= 11 is 0. The van der Waals surface area contributed by atoms with E-state index in [1.54, 1.807) is 0 Å². The molecule has 0 saturated carbocycles. The number of hydrogen-bond acceptors (Lipinski definition) is 8. The molecule has 1 unspecified atom stereocenters. The molecule has 1 fully saturated rings. The number of aliphatic imine (C=N–C) groups is 1. The van der Waals surface area contributed by atoms with Crippen molar-refractivity contribution in [2.45, 2.75) is 40.0 Å². The number of morpholine rings is 1. The van der Waals surface area contributed by atoms with Crippen LogP contribution in [0.3, 0.4) is 0 Å². The molecule has 1 aromatic carbocycles. The van der Waals surface area contributed by atoms with Crippen molar-refractivity contribution >= 4 is 23.2 Å². The quantitative estimate of drug-likeness (QED) is 0.337. The maximum absolute atomic E-state index is 10.3. The van der Waals surface area contributed by atoms with Crippen molar-refractivity contribution in [3.05, 3.63) is 47.9 Å². The molecule has 1 atom stereocenters. The minimum atomic E-state index is -0.457. The van der Waals surface area contributed by atoms with Gasteiger partial charge < -0.3 is 29.9 Å². The van der Waals surface area contributed by atoms with E-state index in [0.29, 0.717) is 13.1 Å². The minimum Gasteiger partial charge on any atom is -0.507 e. The van der Waals surface area contributed by atoms with Crippen LogP contribution in [-0.2, 0) is 17.9 Å². The lowest BCUT2D eigenvalue weighted by atomic mass is 10.2. The van der Waals surface area contributed by atoms with E-state index >= 15 is 0 Å². The van der Waals surface area contributed by atoms with Gasteiger partial charge in [0.25, 0.3) is 0 Å². The molecule has 0 bridgehead atoms. The van der Waals surface area contributed by atoms with Crippen LogP contribution in [0.5, 0.6) is 0 Å². The molecular weight excluding hydrogens is 422 g/mol. The summed E-state index contributed by atoms with van der Waals surface area (Å²) in [4.78, 5) is 10.6. The average Bonchev–Trinajstić information content (AvgIpc) is 3.18. The number of rotatable bonds is 9. The maximum Gasteiger partial charge on any atom is 0.203 e. The number of anilines is 1. The van der Waals surface area contributed by atoms with Crippen LogP contribution in [-0.4, -0.2) is 81.5 Å². The molecule has 0 amide bonds. The van der Waals surface area contributed by atoms with Gasteiger partial charge in [0, 0.05) is 38.4 Å². The Bertz CT molecular complexity index is 948. The number of allylic oxidation sites excluding steroid dienone is 3. The van der Waals surface area contributed by atoms with Crippen LogP contribution >= 0.6 is 0 Å². The van der Waals surface area contributed by atoms with Crippen molar-refractivity contribution in [3.63, 3.8) is 0 Å². The number of aromatic nitrogens is 2. The second-order valence-corrected chi connectivity index (χ2v) is 7.79. The van der Waals surface area contributed by atoms with Crippen molar-refractivity contribution in [3.8, 4) is 0 Å². The third-order valence-corrected chi connectivity index (χ3v) is 5.21. The zero-order valence-corrected chi connectivity index (χ0v) is 19.9. The van der Waals surface area contributed by atoms with Gasteiger partial charge in [-0.1, -0.05) is 18.7 Å². The van der Waals surface area contributed by atoms with Crippen LogP contribution in [0.2, 0.25) is 0 Å². The second-order valence-electron chi connectivity index (χ2n) is 7.79. The first-order chi connectivity index (χ1) is 15.9. The molecule has 33 heavy (non-hydrogen) atoms. The fourth-order valence-electron chi connectivity index (χ4n) is 3.33. The average molecular weight is 460 g/mol. The smallest absolute Gasteiger partial charge is 0.203 e. The van der Waals surface area contributed by atoms with E-state index in [0.717, 1.165) is 61.1 Å². The topological polar surface area (TPSA) is 115 Å². The summed E-state index contributed by atoms with van der Waals surface area (Å²) in [5.74, 6) is 0.736. The van der Waals surface area contributed by atoms with Crippen LogP contribution < -0.4 is 5.32 Å². The minimum absolute atomic E-state index is 0.0174. The van der Waals surface area contributed by atoms with Gasteiger partial charge in [-0.05, 0) is 38.5 Å². The molecule has 0 spiro atoms. The van der Waals surface area contributed by atoms with Gasteiger partial charge in [0.2, 0.25) is 5.95 Å². The number of ether oxygens (including phenoxy) is 1. The van der Waals surface area contributed by atoms with Crippen LogP contribution in [0.4, 0.5) is 5.95 Å². The molecule has 3 rings (SSSR count). The van der Waals surface area contributed by atoms with Gasteiger partial charge in [-0.25, -0.2) is 4.98 Å². The highest BCUT2D eigenvalue weighted by Gasteiger charge is 2.16. The van der Waals surface area contributed by atoms with E-state index in [1.165, 1.54) is 6.21 Å². The Morgan fingerprint density at radius 3 is 2.70 bits per heavy atom. The molecule has 1 saturated heterocycles. The first kappa shape index (κ1) is 26.5. The van der Waals surface area contributed by atoms with Crippen molar-refractivity contribution in [1.82, 2.24) is 14.5 Å². The molecule has 1 aromatic heterocycles. The zero-order chi connectivity index (χ0) is 24.2. The van der Waals surface area contributed by atoms with Gasteiger partial charge >= 0.3 is 0 Å². The van der Waals surface area contributed by atoms with Crippen molar-refractivity contribution < 1.29 is 20.1 Å². The van der Waals surface area contributed by atoms with Crippen LogP contribution in [0.15, 0.2) is 47.3 Å². The van der Waals surface area contributed by atoms with Crippen molar-refractivity contribution in [1.29, 1.82) is 0 Å². The number of nitrogens with one attached hydrogen (secondary N) is 1. The second kappa shape index (κ2) is 13.7. The predicted octanol–water partition coefficient (Wildman–Crippen LogP) is 2.71. The number of aryl methyl sites for hydroxylation is 1. The Morgan fingerprint density at radius 1 is 1.36 bits per heavy atom. The SMILES string of the molecule is C=C(O)C=N/C(C)=C\C.CCn1c(NCC(O)CN2CCOCC2)nc2ccc(CO)cc21. The third-order valence-electron chi connectivity index (χ3n) is 5.21. The number of aliphatic hydroxyl groups excluding tert-OH is 3. The molecule has 9 heteroatoms. The largest absolute Gasteiger partial charge is 0.507 e. The van der Waals surface area contributed by atoms with Gasteiger partial charge in [-0.3, -0.25) is 9.89 Å². The summed E-state index contributed by atoms with van der Waals surface area (Å²) in [6, 6.07) is 5.76. The van der Waals surface area contributed by atoms with Crippen LogP contribution in [0, 0.1) is 0 Å². The first-order valence-corrected chi connectivity index (χ1v) is 11.2. The number of β-amino-alcohol motifs (C(OH)–C–C–N with tert-alkyl or cyclic N) is 1. The van der Waals surface area contributed by atoms with E-state index in [9.17, 15) is 10.2 Å². The molecule has 2 heterocycles. The predicted molar refractivity (Wildman–Crippen MR) is 133 cm³/mol. The number of hydrogen-bond donors (Lipinski definition) is 4. The highest BCUT2D eigenvalue weighted by atomic mass is 16.5. The lowest BCUT2D eigenvalue weighted by Gasteiger charge is -2.28. The van der Waals surface area contributed by atoms with Crippen LogP contribution in [0.25, 0.3) is 11.0 Å². The van der Waals surface area contributed by atoms with Crippen LogP contribution in [0.1, 0.15) is 26.3 Å². The monoisotopic (exact) mass is 459 g/mol. The molecular formula is C24H37N5O4. The highest BCUT2D eigenvalue weighted by Crippen LogP contribution is 2.21.